The Morgan fingerprint density at radius 1 is 1.41 bits per heavy atom. The predicted octanol–water partition coefficient (Wildman–Crippen LogP) is 1.69. The number of benzene rings is 1. The second-order valence-corrected chi connectivity index (χ2v) is 5.86. The molecule has 1 fully saturated rings. The fourth-order valence-electron chi connectivity index (χ4n) is 1.30. The number of nitrogens with one attached hydrogen (secondary N) is 1. The first-order valence-electron chi connectivity index (χ1n) is 4.86. The van der Waals surface area contributed by atoms with Gasteiger partial charge in [-0.2, -0.15) is 0 Å². The zero-order valence-electron chi connectivity index (χ0n) is 8.59. The van der Waals surface area contributed by atoms with Crippen LogP contribution in [0.3, 0.4) is 0 Å². The molecule has 0 unspecified atom stereocenters. The lowest BCUT2D eigenvalue weighted by atomic mass is 10.3. The molecule has 1 N–H and O–H groups in total. The Morgan fingerprint density at radius 3 is 2.59 bits per heavy atom. The summed E-state index contributed by atoms with van der Waals surface area (Å²) in [5.74, 6) is 0. The number of nitro benzene ring substituents is 1. The second kappa shape index (κ2) is 4.25. The van der Waals surface area contributed by atoms with Gasteiger partial charge in [0.25, 0.3) is 5.69 Å². The Labute approximate surface area is 103 Å². The molecular formula is C9H9ClN2O4S. The molecule has 0 aromatic heterocycles. The molecule has 1 saturated carbocycles. The van der Waals surface area contributed by atoms with Gasteiger partial charge in [-0.3, -0.25) is 10.1 Å². The van der Waals surface area contributed by atoms with Crippen molar-refractivity contribution in [3.63, 3.8) is 0 Å². The largest absolute Gasteiger partial charge is 0.270 e. The van der Waals surface area contributed by atoms with E-state index in [0.29, 0.717) is 0 Å². The molecule has 1 aromatic carbocycles. The van der Waals surface area contributed by atoms with Crippen LogP contribution in [0.15, 0.2) is 23.1 Å². The van der Waals surface area contributed by atoms with Crippen LogP contribution in [-0.2, 0) is 10.0 Å². The maximum atomic E-state index is 11.9. The van der Waals surface area contributed by atoms with Crippen LogP contribution in [0, 0.1) is 10.1 Å². The Balaban J connectivity index is 2.42. The van der Waals surface area contributed by atoms with Crippen molar-refractivity contribution >= 4 is 27.3 Å². The highest BCUT2D eigenvalue weighted by Crippen LogP contribution is 2.28. The summed E-state index contributed by atoms with van der Waals surface area (Å²) < 4.78 is 26.1. The number of hydrogen-bond acceptors (Lipinski definition) is 4. The van der Waals surface area contributed by atoms with Gasteiger partial charge in [-0.1, -0.05) is 11.6 Å². The van der Waals surface area contributed by atoms with E-state index in [-0.39, 0.29) is 21.6 Å². The molecule has 1 aromatic rings. The van der Waals surface area contributed by atoms with Gasteiger partial charge >= 0.3 is 0 Å². The third kappa shape index (κ3) is 2.74. The average Bonchev–Trinajstić information content (AvgIpc) is 3.00. The SMILES string of the molecule is O=[N+]([O-])c1ccc(Cl)c(S(=O)(=O)NC2CC2)c1. The fraction of sp³-hybridized carbons (Fsp3) is 0.333. The highest BCUT2D eigenvalue weighted by Gasteiger charge is 2.30. The Morgan fingerprint density at radius 2 is 2.06 bits per heavy atom. The maximum Gasteiger partial charge on any atom is 0.270 e. The minimum absolute atomic E-state index is 0.0243. The van der Waals surface area contributed by atoms with Gasteiger partial charge in [0.2, 0.25) is 10.0 Å². The van der Waals surface area contributed by atoms with Crippen LogP contribution in [0.5, 0.6) is 0 Å². The van der Waals surface area contributed by atoms with E-state index < -0.39 is 14.9 Å². The zero-order chi connectivity index (χ0) is 12.6. The first-order chi connectivity index (χ1) is 7.90. The molecule has 1 aliphatic carbocycles. The van der Waals surface area contributed by atoms with E-state index in [1.165, 1.54) is 12.1 Å². The van der Waals surface area contributed by atoms with Crippen molar-refractivity contribution in [2.24, 2.45) is 0 Å². The molecule has 0 aliphatic heterocycles. The number of rotatable bonds is 4. The standard InChI is InChI=1S/C9H9ClN2O4S/c10-8-4-3-7(12(13)14)5-9(8)17(15,16)11-6-1-2-6/h3-6,11H,1-2H2. The molecule has 1 aliphatic rings. The molecule has 0 radical (unpaired) electrons. The summed E-state index contributed by atoms with van der Waals surface area (Å²) in [6.07, 6.45) is 1.57. The van der Waals surface area contributed by atoms with Crippen LogP contribution >= 0.6 is 11.6 Å². The van der Waals surface area contributed by atoms with Crippen molar-refractivity contribution in [1.82, 2.24) is 4.72 Å². The lowest BCUT2D eigenvalue weighted by Crippen LogP contribution is -2.26. The van der Waals surface area contributed by atoms with Crippen molar-refractivity contribution in [2.45, 2.75) is 23.8 Å². The molecular weight excluding hydrogens is 268 g/mol. The molecule has 17 heavy (non-hydrogen) atoms. The van der Waals surface area contributed by atoms with E-state index in [1.807, 2.05) is 0 Å². The van der Waals surface area contributed by atoms with Gasteiger partial charge in [0.15, 0.2) is 0 Å². The molecule has 0 atom stereocenters. The minimum Gasteiger partial charge on any atom is -0.258 e. The fourth-order valence-corrected chi connectivity index (χ4v) is 3.12. The number of halogens is 1. The van der Waals surface area contributed by atoms with Crippen LogP contribution in [0.2, 0.25) is 5.02 Å². The summed E-state index contributed by atoms with van der Waals surface area (Å²) in [5.41, 5.74) is -0.300. The maximum absolute atomic E-state index is 11.9. The van der Waals surface area contributed by atoms with Crippen LogP contribution in [0.1, 0.15) is 12.8 Å². The Kier molecular flexibility index (Phi) is 3.07. The molecule has 0 amide bonds. The molecule has 92 valence electrons. The first kappa shape index (κ1) is 12.3. The van der Waals surface area contributed by atoms with Crippen LogP contribution < -0.4 is 4.72 Å². The van der Waals surface area contributed by atoms with Crippen molar-refractivity contribution < 1.29 is 13.3 Å². The summed E-state index contributed by atoms with van der Waals surface area (Å²) >= 11 is 5.75. The van der Waals surface area contributed by atoms with E-state index in [0.717, 1.165) is 18.9 Å². The molecule has 0 saturated heterocycles. The highest BCUT2D eigenvalue weighted by molar-refractivity contribution is 7.89. The summed E-state index contributed by atoms with van der Waals surface area (Å²) in [4.78, 5) is 9.66. The first-order valence-corrected chi connectivity index (χ1v) is 6.72. The summed E-state index contributed by atoms with van der Waals surface area (Å²) in [6.45, 7) is 0. The van der Waals surface area contributed by atoms with E-state index in [1.54, 1.807) is 0 Å². The van der Waals surface area contributed by atoms with E-state index in [9.17, 15) is 18.5 Å². The van der Waals surface area contributed by atoms with Crippen molar-refractivity contribution in [3.05, 3.63) is 33.3 Å². The topological polar surface area (TPSA) is 89.3 Å². The summed E-state index contributed by atoms with van der Waals surface area (Å²) in [6, 6.07) is 3.27. The van der Waals surface area contributed by atoms with Crippen LogP contribution in [0.25, 0.3) is 0 Å². The van der Waals surface area contributed by atoms with Crippen LogP contribution in [-0.4, -0.2) is 19.4 Å². The third-order valence-corrected chi connectivity index (χ3v) is 4.32. The number of sulfonamides is 1. The normalized spacial score (nSPS) is 15.8. The third-order valence-electron chi connectivity index (χ3n) is 2.31. The molecule has 0 bridgehead atoms. The van der Waals surface area contributed by atoms with Gasteiger partial charge in [0.05, 0.1) is 9.95 Å². The van der Waals surface area contributed by atoms with E-state index in [4.69, 9.17) is 11.6 Å². The quantitative estimate of drug-likeness (QED) is 0.669. The molecule has 2 rings (SSSR count). The van der Waals surface area contributed by atoms with Crippen LogP contribution in [0.4, 0.5) is 5.69 Å². The van der Waals surface area contributed by atoms with Gasteiger partial charge in [0.1, 0.15) is 4.90 Å². The second-order valence-electron chi connectivity index (χ2n) is 3.77. The summed E-state index contributed by atoms with van der Waals surface area (Å²) in [5, 5.41) is 10.5. The zero-order valence-corrected chi connectivity index (χ0v) is 10.2. The van der Waals surface area contributed by atoms with E-state index in [2.05, 4.69) is 4.72 Å². The Hall–Kier alpha value is -1.18. The van der Waals surface area contributed by atoms with Gasteiger partial charge in [-0.05, 0) is 18.9 Å². The molecule has 8 heteroatoms. The molecule has 0 heterocycles. The van der Waals surface area contributed by atoms with Crippen molar-refractivity contribution in [1.29, 1.82) is 0 Å². The van der Waals surface area contributed by atoms with Gasteiger partial charge in [-0.25, -0.2) is 13.1 Å². The number of nitrogens with zero attached hydrogens (tertiary/aromatic N) is 1. The van der Waals surface area contributed by atoms with Crippen molar-refractivity contribution in [3.8, 4) is 0 Å². The lowest BCUT2D eigenvalue weighted by Gasteiger charge is -2.06. The van der Waals surface area contributed by atoms with Crippen molar-refractivity contribution in [2.75, 3.05) is 0 Å². The molecule has 0 spiro atoms. The Bertz CT molecular complexity index is 568. The van der Waals surface area contributed by atoms with Gasteiger partial charge < -0.3 is 0 Å². The van der Waals surface area contributed by atoms with E-state index >= 15 is 0 Å². The number of non-ortho nitro benzene ring substituents is 1. The average molecular weight is 277 g/mol. The number of nitro groups is 1. The van der Waals surface area contributed by atoms with Gasteiger partial charge in [0, 0.05) is 18.2 Å². The highest BCUT2D eigenvalue weighted by atomic mass is 35.5. The smallest absolute Gasteiger partial charge is 0.258 e. The molecule has 6 nitrogen and oxygen atoms in total. The number of hydrogen-bond donors (Lipinski definition) is 1. The lowest BCUT2D eigenvalue weighted by molar-refractivity contribution is -0.385. The summed E-state index contributed by atoms with van der Waals surface area (Å²) in [7, 11) is -3.77. The predicted molar refractivity (Wildman–Crippen MR) is 61.4 cm³/mol. The monoisotopic (exact) mass is 276 g/mol. The van der Waals surface area contributed by atoms with Gasteiger partial charge in [-0.15, -0.1) is 0 Å². The minimum atomic E-state index is -3.77.